The van der Waals surface area contributed by atoms with Crippen molar-refractivity contribution in [1.29, 1.82) is 0 Å². The summed E-state index contributed by atoms with van der Waals surface area (Å²) in [7, 11) is 1.42. The van der Waals surface area contributed by atoms with Crippen molar-refractivity contribution in [1.82, 2.24) is 9.97 Å². The predicted molar refractivity (Wildman–Crippen MR) is 79.3 cm³/mol. The van der Waals surface area contributed by atoms with Gasteiger partial charge in [0, 0.05) is 10.9 Å². The topological polar surface area (TPSA) is 73.1 Å². The summed E-state index contributed by atoms with van der Waals surface area (Å²) in [6, 6.07) is 12.0. The molecule has 3 rings (SSSR count). The highest BCUT2D eigenvalue weighted by atomic mass is 19.1. The molecule has 0 amide bonds. The number of hydrogen-bond acceptors (Lipinski definition) is 5. The van der Waals surface area contributed by atoms with Crippen LogP contribution in [0, 0.1) is 5.82 Å². The fraction of sp³-hybridized carbons (Fsp3) is 0.0667. The number of nitrogens with one attached hydrogen (secondary N) is 1. The first-order valence-corrected chi connectivity index (χ1v) is 6.30. The van der Waals surface area contributed by atoms with Crippen molar-refractivity contribution in [3.63, 3.8) is 0 Å². The molecule has 0 radical (unpaired) electrons. The molecule has 0 atom stereocenters. The number of para-hydroxylation sites is 1. The number of methoxy groups -OCH3 is 1. The van der Waals surface area contributed by atoms with E-state index in [0.29, 0.717) is 17.2 Å². The first-order valence-electron chi connectivity index (χ1n) is 6.30. The van der Waals surface area contributed by atoms with E-state index in [1.54, 1.807) is 12.1 Å². The standard InChI is InChI=1S/C15H13FN4O/c1-21-13-7-6-9(8-11(13)16)14-18-12-5-3-2-4-10(12)15(19-14)20-17/h2-8H,17H2,1H3,(H,18,19,20). The first kappa shape index (κ1) is 13.3. The number of fused-ring (bicyclic) bond motifs is 1. The average Bonchev–Trinajstić information content (AvgIpc) is 2.53. The van der Waals surface area contributed by atoms with Crippen LogP contribution in [0.5, 0.6) is 5.75 Å². The van der Waals surface area contributed by atoms with Crippen molar-refractivity contribution in [2.45, 2.75) is 0 Å². The molecule has 2 aromatic carbocycles. The van der Waals surface area contributed by atoms with Crippen molar-refractivity contribution < 1.29 is 9.13 Å². The van der Waals surface area contributed by atoms with E-state index in [1.165, 1.54) is 13.2 Å². The third-order valence-corrected chi connectivity index (χ3v) is 3.15. The second kappa shape index (κ2) is 5.34. The molecule has 0 fully saturated rings. The Balaban J connectivity index is 2.18. The van der Waals surface area contributed by atoms with Gasteiger partial charge in [-0.15, -0.1) is 0 Å². The molecule has 0 aliphatic carbocycles. The Morgan fingerprint density at radius 1 is 1.14 bits per heavy atom. The zero-order chi connectivity index (χ0) is 14.8. The maximum atomic E-state index is 13.8. The van der Waals surface area contributed by atoms with E-state index < -0.39 is 5.82 Å². The van der Waals surface area contributed by atoms with Crippen molar-refractivity contribution in [3.8, 4) is 17.1 Å². The highest BCUT2D eigenvalue weighted by Gasteiger charge is 2.11. The smallest absolute Gasteiger partial charge is 0.165 e. The Morgan fingerprint density at radius 3 is 2.67 bits per heavy atom. The number of hydrogen-bond donors (Lipinski definition) is 2. The molecule has 0 spiro atoms. The van der Waals surface area contributed by atoms with E-state index in [-0.39, 0.29) is 5.75 Å². The zero-order valence-electron chi connectivity index (χ0n) is 11.3. The molecular formula is C15H13FN4O. The fourth-order valence-corrected chi connectivity index (χ4v) is 2.12. The minimum absolute atomic E-state index is 0.178. The van der Waals surface area contributed by atoms with Crippen LogP contribution in [0.15, 0.2) is 42.5 Å². The maximum Gasteiger partial charge on any atom is 0.165 e. The second-order valence-corrected chi connectivity index (χ2v) is 4.41. The van der Waals surface area contributed by atoms with Gasteiger partial charge in [0.2, 0.25) is 0 Å². The molecule has 0 aliphatic rings. The summed E-state index contributed by atoms with van der Waals surface area (Å²) in [5.41, 5.74) is 3.83. The molecule has 5 nitrogen and oxygen atoms in total. The molecular weight excluding hydrogens is 271 g/mol. The van der Waals surface area contributed by atoms with Gasteiger partial charge in [-0.25, -0.2) is 20.2 Å². The van der Waals surface area contributed by atoms with E-state index in [4.69, 9.17) is 10.6 Å². The number of ether oxygens (including phenoxy) is 1. The second-order valence-electron chi connectivity index (χ2n) is 4.41. The van der Waals surface area contributed by atoms with Gasteiger partial charge in [-0.3, -0.25) is 0 Å². The van der Waals surface area contributed by atoms with Crippen molar-refractivity contribution in [3.05, 3.63) is 48.3 Å². The lowest BCUT2D eigenvalue weighted by Crippen LogP contribution is -2.10. The Hall–Kier alpha value is -2.73. The van der Waals surface area contributed by atoms with Gasteiger partial charge in [-0.2, -0.15) is 0 Å². The van der Waals surface area contributed by atoms with Gasteiger partial charge in [-0.1, -0.05) is 12.1 Å². The lowest BCUT2D eigenvalue weighted by atomic mass is 10.1. The summed E-state index contributed by atoms with van der Waals surface area (Å²) in [4.78, 5) is 8.77. The Morgan fingerprint density at radius 2 is 1.95 bits per heavy atom. The predicted octanol–water partition coefficient (Wildman–Crippen LogP) is 2.73. The van der Waals surface area contributed by atoms with E-state index in [2.05, 4.69) is 15.4 Å². The monoisotopic (exact) mass is 284 g/mol. The Labute approximate surface area is 120 Å². The molecule has 21 heavy (non-hydrogen) atoms. The van der Waals surface area contributed by atoms with Crippen LogP contribution in [0.3, 0.4) is 0 Å². The van der Waals surface area contributed by atoms with Crippen LogP contribution >= 0.6 is 0 Å². The van der Waals surface area contributed by atoms with Crippen molar-refractivity contribution in [2.24, 2.45) is 5.84 Å². The highest BCUT2D eigenvalue weighted by molar-refractivity contribution is 5.90. The minimum Gasteiger partial charge on any atom is -0.494 e. The third kappa shape index (κ3) is 2.36. The van der Waals surface area contributed by atoms with Gasteiger partial charge in [0.05, 0.1) is 12.6 Å². The maximum absolute atomic E-state index is 13.8. The quantitative estimate of drug-likeness (QED) is 0.571. The summed E-state index contributed by atoms with van der Waals surface area (Å²) < 4.78 is 18.7. The van der Waals surface area contributed by atoms with Gasteiger partial charge < -0.3 is 10.2 Å². The van der Waals surface area contributed by atoms with Crippen LogP contribution in [-0.2, 0) is 0 Å². The molecule has 0 saturated heterocycles. The molecule has 1 heterocycles. The number of nitrogen functional groups attached to an aromatic ring is 1. The summed E-state index contributed by atoms with van der Waals surface area (Å²) in [6.07, 6.45) is 0. The van der Waals surface area contributed by atoms with Gasteiger partial charge in [0.25, 0.3) is 0 Å². The van der Waals surface area contributed by atoms with Crippen LogP contribution in [-0.4, -0.2) is 17.1 Å². The van der Waals surface area contributed by atoms with Gasteiger partial charge >= 0.3 is 0 Å². The summed E-state index contributed by atoms with van der Waals surface area (Å²) >= 11 is 0. The highest BCUT2D eigenvalue weighted by Crippen LogP contribution is 2.27. The zero-order valence-corrected chi connectivity index (χ0v) is 11.3. The number of nitrogens with zero attached hydrogens (tertiary/aromatic N) is 2. The van der Waals surface area contributed by atoms with E-state index in [0.717, 1.165) is 10.9 Å². The van der Waals surface area contributed by atoms with Crippen LogP contribution in [0.2, 0.25) is 0 Å². The van der Waals surface area contributed by atoms with Crippen LogP contribution in [0.1, 0.15) is 0 Å². The van der Waals surface area contributed by atoms with E-state index in [1.807, 2.05) is 24.3 Å². The molecule has 1 aromatic heterocycles. The van der Waals surface area contributed by atoms with Crippen molar-refractivity contribution >= 4 is 16.7 Å². The molecule has 3 N–H and O–H groups in total. The number of anilines is 1. The Bertz CT molecular complexity index is 807. The summed E-state index contributed by atoms with van der Waals surface area (Å²) in [5.74, 6) is 6.10. The van der Waals surface area contributed by atoms with Crippen molar-refractivity contribution in [2.75, 3.05) is 12.5 Å². The number of nitrogens with two attached hydrogens (primary N) is 1. The largest absolute Gasteiger partial charge is 0.494 e. The van der Waals surface area contributed by atoms with Gasteiger partial charge in [-0.05, 0) is 30.3 Å². The lowest BCUT2D eigenvalue weighted by Gasteiger charge is -2.09. The van der Waals surface area contributed by atoms with Crippen LogP contribution < -0.4 is 16.0 Å². The first-order chi connectivity index (χ1) is 10.2. The molecule has 0 bridgehead atoms. The molecule has 0 aliphatic heterocycles. The molecule has 6 heteroatoms. The molecule has 0 unspecified atom stereocenters. The normalized spacial score (nSPS) is 10.6. The number of benzene rings is 2. The van der Waals surface area contributed by atoms with E-state index in [9.17, 15) is 4.39 Å². The lowest BCUT2D eigenvalue weighted by molar-refractivity contribution is 0.386. The fourth-order valence-electron chi connectivity index (χ4n) is 2.12. The average molecular weight is 284 g/mol. The number of hydrazine groups is 1. The summed E-state index contributed by atoms with van der Waals surface area (Å²) in [6.45, 7) is 0. The van der Waals surface area contributed by atoms with Crippen LogP contribution in [0.4, 0.5) is 10.2 Å². The number of aromatic nitrogens is 2. The minimum atomic E-state index is -0.464. The van der Waals surface area contributed by atoms with Gasteiger partial charge in [0.15, 0.2) is 23.2 Å². The number of halogens is 1. The number of rotatable bonds is 3. The molecule has 106 valence electrons. The van der Waals surface area contributed by atoms with Gasteiger partial charge in [0.1, 0.15) is 0 Å². The SMILES string of the molecule is COc1ccc(-c2nc(NN)c3ccccc3n2)cc1F. The molecule has 0 saturated carbocycles. The Kier molecular flexibility index (Phi) is 3.37. The van der Waals surface area contributed by atoms with Crippen LogP contribution in [0.25, 0.3) is 22.3 Å². The van der Waals surface area contributed by atoms with E-state index >= 15 is 0 Å². The third-order valence-electron chi connectivity index (χ3n) is 3.15. The molecule has 3 aromatic rings. The summed E-state index contributed by atoms with van der Waals surface area (Å²) in [5, 5.41) is 0.803.